The Balaban J connectivity index is 2.88. The molecule has 1 rings (SSSR count). The molecule has 14 heavy (non-hydrogen) atoms. The Hall–Kier alpha value is -1.10. The third-order valence-electron chi connectivity index (χ3n) is 2.83. The van der Waals surface area contributed by atoms with Gasteiger partial charge in [0, 0.05) is 6.54 Å². The van der Waals surface area contributed by atoms with E-state index in [4.69, 9.17) is 10.8 Å². The van der Waals surface area contributed by atoms with E-state index in [0.29, 0.717) is 13.0 Å². The number of likely N-dealkylation sites (tertiary alicyclic amines) is 1. The summed E-state index contributed by atoms with van der Waals surface area (Å²) in [4.78, 5) is 23.9. The Morgan fingerprint density at radius 3 is 2.64 bits per heavy atom. The van der Waals surface area contributed by atoms with E-state index in [1.165, 1.54) is 4.90 Å². The first-order chi connectivity index (χ1) is 6.52. The summed E-state index contributed by atoms with van der Waals surface area (Å²) in [6.07, 6.45) is 2.21. The number of carboxylic acids is 1. The number of carbonyl (C=O) groups is 2. The van der Waals surface area contributed by atoms with Gasteiger partial charge in [-0.3, -0.25) is 4.79 Å². The molecule has 1 unspecified atom stereocenters. The summed E-state index contributed by atoms with van der Waals surface area (Å²) in [5.74, 6) is -1.23. The van der Waals surface area contributed by atoms with Crippen molar-refractivity contribution in [1.29, 1.82) is 0 Å². The molecule has 3 N–H and O–H groups in total. The van der Waals surface area contributed by atoms with Crippen molar-refractivity contribution in [3.63, 3.8) is 0 Å². The summed E-state index contributed by atoms with van der Waals surface area (Å²) >= 11 is 0. The molecule has 1 heterocycles. The number of piperidine rings is 1. The van der Waals surface area contributed by atoms with Crippen molar-refractivity contribution in [2.45, 2.75) is 31.7 Å². The van der Waals surface area contributed by atoms with Crippen LogP contribution in [0.25, 0.3) is 0 Å². The molecular formula is C9H16N2O3. The number of nitrogens with two attached hydrogens (primary N) is 1. The first kappa shape index (κ1) is 11.0. The number of rotatable bonds is 2. The van der Waals surface area contributed by atoms with Gasteiger partial charge >= 0.3 is 5.97 Å². The Kier molecular flexibility index (Phi) is 3.10. The predicted molar refractivity (Wildman–Crippen MR) is 50.7 cm³/mol. The van der Waals surface area contributed by atoms with Crippen molar-refractivity contribution >= 4 is 11.9 Å². The molecule has 0 aromatic heterocycles. The SMILES string of the molecule is CC1(C(=O)O)CCCCN1C(=O)CN. The van der Waals surface area contributed by atoms with Gasteiger partial charge in [-0.05, 0) is 26.2 Å². The van der Waals surface area contributed by atoms with Crippen molar-refractivity contribution in [3.05, 3.63) is 0 Å². The number of hydrogen-bond acceptors (Lipinski definition) is 3. The van der Waals surface area contributed by atoms with Crippen LogP contribution in [0.4, 0.5) is 0 Å². The average Bonchev–Trinajstić information content (AvgIpc) is 2.17. The summed E-state index contributed by atoms with van der Waals surface area (Å²) in [5, 5.41) is 9.08. The highest BCUT2D eigenvalue weighted by molar-refractivity contribution is 5.87. The minimum Gasteiger partial charge on any atom is -0.480 e. The highest BCUT2D eigenvalue weighted by atomic mass is 16.4. The van der Waals surface area contributed by atoms with Gasteiger partial charge in [-0.1, -0.05) is 0 Å². The van der Waals surface area contributed by atoms with E-state index < -0.39 is 11.5 Å². The molecule has 5 nitrogen and oxygen atoms in total. The van der Waals surface area contributed by atoms with Crippen LogP contribution in [0.3, 0.4) is 0 Å². The first-order valence-corrected chi connectivity index (χ1v) is 4.76. The highest BCUT2D eigenvalue weighted by Gasteiger charge is 2.43. The van der Waals surface area contributed by atoms with E-state index in [1.807, 2.05) is 0 Å². The standard InChI is InChI=1S/C9H16N2O3/c1-9(8(13)14)4-2-3-5-11(9)7(12)6-10/h2-6,10H2,1H3,(H,13,14). The Morgan fingerprint density at radius 1 is 1.50 bits per heavy atom. The van der Waals surface area contributed by atoms with Gasteiger partial charge in [0.05, 0.1) is 6.54 Å². The molecule has 1 amide bonds. The summed E-state index contributed by atoms with van der Waals surface area (Å²) < 4.78 is 0. The molecule has 80 valence electrons. The third kappa shape index (κ3) is 1.72. The quantitative estimate of drug-likeness (QED) is 0.646. The lowest BCUT2D eigenvalue weighted by molar-refractivity contribution is -0.160. The van der Waals surface area contributed by atoms with Gasteiger partial charge in [-0.15, -0.1) is 0 Å². The zero-order valence-corrected chi connectivity index (χ0v) is 8.32. The maximum atomic E-state index is 11.4. The molecule has 0 bridgehead atoms. The first-order valence-electron chi connectivity index (χ1n) is 4.76. The fraction of sp³-hybridized carbons (Fsp3) is 0.778. The van der Waals surface area contributed by atoms with Crippen molar-refractivity contribution in [2.75, 3.05) is 13.1 Å². The zero-order chi connectivity index (χ0) is 10.8. The predicted octanol–water partition coefficient (Wildman–Crippen LogP) is -0.199. The van der Waals surface area contributed by atoms with Gasteiger partial charge in [0.2, 0.25) is 5.91 Å². The summed E-state index contributed by atoms with van der Waals surface area (Å²) in [6.45, 7) is 1.96. The van der Waals surface area contributed by atoms with Crippen molar-refractivity contribution in [3.8, 4) is 0 Å². The molecular weight excluding hydrogens is 184 g/mol. The Morgan fingerprint density at radius 2 is 2.14 bits per heavy atom. The van der Waals surface area contributed by atoms with E-state index in [2.05, 4.69) is 0 Å². The van der Waals surface area contributed by atoms with E-state index >= 15 is 0 Å². The minimum atomic E-state index is -1.06. The van der Waals surface area contributed by atoms with Crippen LogP contribution in [0.2, 0.25) is 0 Å². The number of carbonyl (C=O) groups excluding carboxylic acids is 1. The van der Waals surface area contributed by atoms with Gasteiger partial charge in [0.15, 0.2) is 0 Å². The number of hydrogen-bond donors (Lipinski definition) is 2. The van der Waals surface area contributed by atoms with Crippen LogP contribution < -0.4 is 5.73 Å². The molecule has 1 atom stereocenters. The van der Waals surface area contributed by atoms with Gasteiger partial charge in [0.1, 0.15) is 5.54 Å². The second-order valence-electron chi connectivity index (χ2n) is 3.79. The largest absolute Gasteiger partial charge is 0.480 e. The maximum absolute atomic E-state index is 11.4. The molecule has 1 aliphatic heterocycles. The summed E-state index contributed by atoms with van der Waals surface area (Å²) in [6, 6.07) is 0. The lowest BCUT2D eigenvalue weighted by Gasteiger charge is -2.41. The van der Waals surface area contributed by atoms with Gasteiger partial charge < -0.3 is 15.7 Å². The Bertz CT molecular complexity index is 254. The number of amides is 1. The van der Waals surface area contributed by atoms with E-state index in [9.17, 15) is 9.59 Å². The monoisotopic (exact) mass is 200 g/mol. The van der Waals surface area contributed by atoms with Crippen molar-refractivity contribution in [1.82, 2.24) is 4.90 Å². The van der Waals surface area contributed by atoms with E-state index in [0.717, 1.165) is 12.8 Å². The second-order valence-corrected chi connectivity index (χ2v) is 3.79. The fourth-order valence-corrected chi connectivity index (χ4v) is 1.85. The van der Waals surface area contributed by atoms with Crippen molar-refractivity contribution in [2.24, 2.45) is 5.73 Å². The lowest BCUT2D eigenvalue weighted by Crippen LogP contribution is -2.58. The van der Waals surface area contributed by atoms with Gasteiger partial charge in [0.25, 0.3) is 0 Å². The Labute approximate surface area is 82.9 Å². The van der Waals surface area contributed by atoms with Crippen LogP contribution >= 0.6 is 0 Å². The molecule has 0 aliphatic carbocycles. The van der Waals surface area contributed by atoms with Gasteiger partial charge in [-0.25, -0.2) is 4.79 Å². The molecule has 0 saturated carbocycles. The number of nitrogens with zero attached hydrogens (tertiary/aromatic N) is 1. The van der Waals surface area contributed by atoms with Crippen LogP contribution in [0.15, 0.2) is 0 Å². The molecule has 1 fully saturated rings. The van der Waals surface area contributed by atoms with Crippen LogP contribution in [0.5, 0.6) is 0 Å². The van der Waals surface area contributed by atoms with Gasteiger partial charge in [-0.2, -0.15) is 0 Å². The molecule has 0 radical (unpaired) electrons. The summed E-state index contributed by atoms with van der Waals surface area (Å²) in [5.41, 5.74) is 4.18. The number of aliphatic carboxylic acids is 1. The van der Waals surface area contributed by atoms with Crippen LogP contribution in [0, 0.1) is 0 Å². The molecule has 0 aromatic carbocycles. The maximum Gasteiger partial charge on any atom is 0.329 e. The van der Waals surface area contributed by atoms with Crippen LogP contribution in [0.1, 0.15) is 26.2 Å². The zero-order valence-electron chi connectivity index (χ0n) is 8.32. The number of carboxylic acid groups (broad SMARTS) is 1. The molecule has 1 saturated heterocycles. The smallest absolute Gasteiger partial charge is 0.329 e. The molecule has 1 aliphatic rings. The second kappa shape index (κ2) is 3.96. The molecule has 0 spiro atoms. The van der Waals surface area contributed by atoms with Crippen LogP contribution in [-0.4, -0.2) is 40.5 Å². The van der Waals surface area contributed by atoms with E-state index in [-0.39, 0.29) is 12.5 Å². The third-order valence-corrected chi connectivity index (χ3v) is 2.83. The summed E-state index contributed by atoms with van der Waals surface area (Å²) in [7, 11) is 0. The highest BCUT2D eigenvalue weighted by Crippen LogP contribution is 2.27. The molecule has 0 aromatic rings. The molecule has 5 heteroatoms. The van der Waals surface area contributed by atoms with E-state index in [1.54, 1.807) is 6.92 Å². The average molecular weight is 200 g/mol. The lowest BCUT2D eigenvalue weighted by atomic mass is 9.88. The van der Waals surface area contributed by atoms with Crippen LogP contribution in [-0.2, 0) is 9.59 Å². The minimum absolute atomic E-state index is 0.122. The van der Waals surface area contributed by atoms with Crippen molar-refractivity contribution < 1.29 is 14.7 Å². The normalized spacial score (nSPS) is 27.4. The fourth-order valence-electron chi connectivity index (χ4n) is 1.85. The topological polar surface area (TPSA) is 83.6 Å².